The standard InChI is InChI=1S/C34H42F2O3/c1-4-6-7-8-9-12-22-38-33-21-20-28(24-31(33)36)26-16-18-27(19-17-26)34(37)39-32-15-11-10-14-30(32)29(13-5-2)23-25(3)35/h10-11,14-21,24-25,29H,4-9,12-13,22-23H2,1-3H3. The van der Waals surface area contributed by atoms with Crippen LogP contribution >= 0.6 is 0 Å². The van der Waals surface area contributed by atoms with E-state index in [1.54, 1.807) is 43.3 Å². The Morgan fingerprint density at radius 3 is 2.21 bits per heavy atom. The number of rotatable bonds is 16. The predicted molar refractivity (Wildman–Crippen MR) is 155 cm³/mol. The van der Waals surface area contributed by atoms with E-state index in [0.29, 0.717) is 29.9 Å². The first-order valence-electron chi connectivity index (χ1n) is 14.4. The Morgan fingerprint density at radius 1 is 0.821 bits per heavy atom. The maximum absolute atomic E-state index is 14.7. The summed E-state index contributed by atoms with van der Waals surface area (Å²) in [6.07, 6.45) is 8.09. The van der Waals surface area contributed by atoms with Crippen LogP contribution in [0.15, 0.2) is 66.7 Å². The molecule has 0 spiro atoms. The second kappa shape index (κ2) is 16.0. The maximum Gasteiger partial charge on any atom is 0.343 e. The van der Waals surface area contributed by atoms with Crippen molar-refractivity contribution in [3.8, 4) is 22.6 Å². The van der Waals surface area contributed by atoms with Crippen LogP contribution in [0.4, 0.5) is 8.78 Å². The third-order valence-electron chi connectivity index (χ3n) is 6.95. The van der Waals surface area contributed by atoms with Gasteiger partial charge in [-0.1, -0.05) is 88.8 Å². The number of halogens is 2. The van der Waals surface area contributed by atoms with Crippen LogP contribution in [-0.4, -0.2) is 18.7 Å². The number of ether oxygens (including phenoxy) is 2. The average Bonchev–Trinajstić information content (AvgIpc) is 2.93. The van der Waals surface area contributed by atoms with Crippen LogP contribution in [0, 0.1) is 5.82 Å². The van der Waals surface area contributed by atoms with E-state index in [-0.39, 0.29) is 11.7 Å². The quantitative estimate of drug-likeness (QED) is 0.104. The molecule has 0 bridgehead atoms. The molecule has 0 aromatic heterocycles. The summed E-state index contributed by atoms with van der Waals surface area (Å²) in [5.74, 6) is -0.182. The molecule has 0 radical (unpaired) electrons. The molecule has 0 aliphatic heterocycles. The third kappa shape index (κ3) is 9.49. The molecule has 0 aliphatic carbocycles. The van der Waals surface area contributed by atoms with Gasteiger partial charge in [0, 0.05) is 0 Å². The fourth-order valence-corrected chi connectivity index (χ4v) is 4.87. The molecule has 0 fully saturated rings. The van der Waals surface area contributed by atoms with Gasteiger partial charge in [-0.2, -0.15) is 0 Å². The maximum atomic E-state index is 14.7. The number of hydrogen-bond donors (Lipinski definition) is 0. The van der Waals surface area contributed by atoms with Crippen molar-refractivity contribution >= 4 is 5.97 Å². The van der Waals surface area contributed by atoms with E-state index < -0.39 is 18.0 Å². The number of benzene rings is 3. The molecule has 210 valence electrons. The van der Waals surface area contributed by atoms with Crippen molar-refractivity contribution in [3.63, 3.8) is 0 Å². The van der Waals surface area contributed by atoms with Gasteiger partial charge >= 0.3 is 5.97 Å². The predicted octanol–water partition coefficient (Wildman–Crippen LogP) is 10.1. The van der Waals surface area contributed by atoms with Gasteiger partial charge < -0.3 is 9.47 Å². The molecule has 0 saturated carbocycles. The zero-order chi connectivity index (χ0) is 28.0. The summed E-state index contributed by atoms with van der Waals surface area (Å²) in [6.45, 7) is 6.32. The van der Waals surface area contributed by atoms with Crippen molar-refractivity contribution in [1.82, 2.24) is 0 Å². The van der Waals surface area contributed by atoms with Crippen LogP contribution in [0.5, 0.6) is 11.5 Å². The average molecular weight is 537 g/mol. The molecular formula is C34H42F2O3. The summed E-state index contributed by atoms with van der Waals surface area (Å²) >= 11 is 0. The molecule has 3 aromatic carbocycles. The largest absolute Gasteiger partial charge is 0.491 e. The van der Waals surface area contributed by atoms with Gasteiger partial charge in [0.05, 0.1) is 18.3 Å². The second-order valence-electron chi connectivity index (χ2n) is 10.3. The first-order chi connectivity index (χ1) is 18.9. The van der Waals surface area contributed by atoms with Crippen molar-refractivity contribution < 1.29 is 23.0 Å². The third-order valence-corrected chi connectivity index (χ3v) is 6.95. The van der Waals surface area contributed by atoms with Crippen LogP contribution in [0.3, 0.4) is 0 Å². The first-order valence-corrected chi connectivity index (χ1v) is 14.4. The van der Waals surface area contributed by atoms with Gasteiger partial charge in [-0.25, -0.2) is 13.6 Å². The number of carbonyl (C=O) groups excluding carboxylic acids is 1. The highest BCUT2D eigenvalue weighted by Gasteiger charge is 2.20. The Balaban J connectivity index is 1.62. The van der Waals surface area contributed by atoms with E-state index in [1.165, 1.54) is 31.7 Å². The Bertz CT molecular complexity index is 1160. The number of esters is 1. The number of alkyl halides is 1. The van der Waals surface area contributed by atoms with Gasteiger partial charge in [0.2, 0.25) is 0 Å². The topological polar surface area (TPSA) is 35.5 Å². The van der Waals surface area contributed by atoms with Crippen LogP contribution in [0.1, 0.15) is 100 Å². The van der Waals surface area contributed by atoms with Crippen molar-refractivity contribution in [1.29, 1.82) is 0 Å². The van der Waals surface area contributed by atoms with E-state index in [2.05, 4.69) is 13.8 Å². The van der Waals surface area contributed by atoms with Gasteiger partial charge in [0.15, 0.2) is 11.6 Å². The van der Waals surface area contributed by atoms with E-state index in [4.69, 9.17) is 9.47 Å². The Morgan fingerprint density at radius 2 is 1.51 bits per heavy atom. The second-order valence-corrected chi connectivity index (χ2v) is 10.3. The first kappa shape index (κ1) is 30.3. The molecule has 0 aliphatic rings. The minimum absolute atomic E-state index is 0.0194. The van der Waals surface area contributed by atoms with Crippen LogP contribution in [-0.2, 0) is 0 Å². The molecule has 2 atom stereocenters. The lowest BCUT2D eigenvalue weighted by molar-refractivity contribution is 0.0732. The normalized spacial score (nSPS) is 12.6. The van der Waals surface area contributed by atoms with Gasteiger partial charge in [-0.15, -0.1) is 0 Å². The molecule has 5 heteroatoms. The summed E-state index contributed by atoms with van der Waals surface area (Å²) in [6, 6.07) is 19.2. The SMILES string of the molecule is CCCCCCCCOc1ccc(-c2ccc(C(=O)Oc3ccccc3C(CCC)CC(C)F)cc2)cc1F. The van der Waals surface area contributed by atoms with Crippen LogP contribution < -0.4 is 9.47 Å². The monoisotopic (exact) mass is 536 g/mol. The van der Waals surface area contributed by atoms with Gasteiger partial charge in [0.25, 0.3) is 0 Å². The Hall–Kier alpha value is -3.21. The van der Waals surface area contributed by atoms with E-state index in [0.717, 1.165) is 36.8 Å². The van der Waals surface area contributed by atoms with E-state index >= 15 is 0 Å². The van der Waals surface area contributed by atoms with Gasteiger partial charge in [-0.3, -0.25) is 0 Å². The molecule has 2 unspecified atom stereocenters. The minimum atomic E-state index is -0.941. The highest BCUT2D eigenvalue weighted by atomic mass is 19.1. The number of hydrogen-bond acceptors (Lipinski definition) is 3. The zero-order valence-corrected chi connectivity index (χ0v) is 23.6. The van der Waals surface area contributed by atoms with Crippen molar-refractivity contribution in [2.75, 3.05) is 6.61 Å². The lowest BCUT2D eigenvalue weighted by atomic mass is 9.89. The molecular weight excluding hydrogens is 494 g/mol. The summed E-state index contributed by atoms with van der Waals surface area (Å²) < 4.78 is 39.9. The van der Waals surface area contributed by atoms with Crippen molar-refractivity contribution in [2.24, 2.45) is 0 Å². The fraction of sp³-hybridized carbons (Fsp3) is 0.441. The summed E-state index contributed by atoms with van der Waals surface area (Å²) in [4.78, 5) is 12.9. The summed E-state index contributed by atoms with van der Waals surface area (Å²) in [7, 11) is 0. The number of unbranched alkanes of at least 4 members (excludes halogenated alkanes) is 5. The molecule has 39 heavy (non-hydrogen) atoms. The molecule has 0 saturated heterocycles. The van der Waals surface area contributed by atoms with Crippen LogP contribution in [0.25, 0.3) is 11.1 Å². The Labute approximate surface area is 232 Å². The highest BCUT2D eigenvalue weighted by molar-refractivity contribution is 5.91. The van der Waals surface area contributed by atoms with E-state index in [9.17, 15) is 13.6 Å². The number of para-hydroxylation sites is 1. The molecule has 0 N–H and O–H groups in total. The fourth-order valence-electron chi connectivity index (χ4n) is 4.87. The minimum Gasteiger partial charge on any atom is -0.491 e. The van der Waals surface area contributed by atoms with Crippen LogP contribution in [0.2, 0.25) is 0 Å². The molecule has 0 heterocycles. The molecule has 3 rings (SSSR count). The molecule has 0 amide bonds. The molecule has 3 nitrogen and oxygen atoms in total. The van der Waals surface area contributed by atoms with Crippen molar-refractivity contribution in [2.45, 2.75) is 90.6 Å². The van der Waals surface area contributed by atoms with Crippen molar-refractivity contribution in [3.05, 3.63) is 83.7 Å². The van der Waals surface area contributed by atoms with Gasteiger partial charge in [-0.05, 0) is 79.1 Å². The Kier molecular flexibility index (Phi) is 12.5. The highest BCUT2D eigenvalue weighted by Crippen LogP contribution is 2.34. The lowest BCUT2D eigenvalue weighted by Crippen LogP contribution is -2.12. The van der Waals surface area contributed by atoms with Gasteiger partial charge in [0.1, 0.15) is 5.75 Å². The zero-order valence-electron chi connectivity index (χ0n) is 23.6. The number of carbonyl (C=O) groups is 1. The summed E-state index contributed by atoms with van der Waals surface area (Å²) in [5, 5.41) is 0. The van der Waals surface area contributed by atoms with E-state index in [1.807, 2.05) is 24.3 Å². The lowest BCUT2D eigenvalue weighted by Gasteiger charge is -2.20. The smallest absolute Gasteiger partial charge is 0.343 e. The molecule has 3 aromatic rings. The summed E-state index contributed by atoms with van der Waals surface area (Å²) in [5.41, 5.74) is 2.72.